The zero-order chi connectivity index (χ0) is 25.1. The van der Waals surface area contributed by atoms with Gasteiger partial charge in [0.1, 0.15) is 5.75 Å². The van der Waals surface area contributed by atoms with Crippen LogP contribution in [0.2, 0.25) is 5.02 Å². The Morgan fingerprint density at radius 2 is 1.47 bits per heavy atom. The van der Waals surface area contributed by atoms with E-state index in [0.29, 0.717) is 11.6 Å². The highest BCUT2D eigenvalue weighted by Crippen LogP contribution is 2.23. The molecule has 2 aromatic rings. The number of ether oxygens (including phenoxy) is 1. The molecule has 0 radical (unpaired) electrons. The van der Waals surface area contributed by atoms with Gasteiger partial charge in [0, 0.05) is 23.6 Å². The quantitative estimate of drug-likeness (QED) is 0.136. The summed E-state index contributed by atoms with van der Waals surface area (Å²) >= 11 is 6.45. The number of carbonyl (C=O) groups excluding carboxylic acids is 1. The number of halogens is 2. The molecule has 2 rings (SSSR count). The maximum Gasteiger partial charge on any atom is 0.233 e. The third-order valence-electron chi connectivity index (χ3n) is 6.45. The molecule has 0 aliphatic rings. The lowest BCUT2D eigenvalue weighted by atomic mass is 10.1. The van der Waals surface area contributed by atoms with Gasteiger partial charge in [0.05, 0.1) is 13.0 Å². The second-order valence-electron chi connectivity index (χ2n) is 9.48. The Bertz CT molecular complexity index is 835. The van der Waals surface area contributed by atoms with Gasteiger partial charge in [-0.3, -0.25) is 10.1 Å². The Morgan fingerprint density at radius 3 is 2.03 bits per heavy atom. The van der Waals surface area contributed by atoms with Crippen LogP contribution in [0.15, 0.2) is 48.8 Å². The molecule has 36 heavy (non-hydrogen) atoms. The molecule has 1 N–H and O–H groups in total. The Labute approximate surface area is 241 Å². The van der Waals surface area contributed by atoms with Crippen LogP contribution in [0.1, 0.15) is 109 Å². The summed E-state index contributed by atoms with van der Waals surface area (Å²) in [4.78, 5) is 12.6. The number of unbranched alkanes of at least 4 members (excludes halogenated alkanes) is 11. The summed E-state index contributed by atoms with van der Waals surface area (Å²) in [6.07, 6.45) is 20.9. The number of hydrogen-bond acceptors (Lipinski definition) is 2. The van der Waals surface area contributed by atoms with Gasteiger partial charge in [-0.15, -0.1) is 0 Å². The fraction of sp³-hybridized carbons (Fsp3) is 0.600. The first-order valence-electron chi connectivity index (χ1n) is 13.8. The van der Waals surface area contributed by atoms with Crippen molar-refractivity contribution in [2.75, 3.05) is 6.61 Å². The molecule has 0 spiro atoms. The molecule has 1 amide bonds. The van der Waals surface area contributed by atoms with E-state index in [2.05, 4.69) is 19.2 Å². The molecule has 0 saturated heterocycles. The predicted molar refractivity (Wildman–Crippen MR) is 146 cm³/mol. The van der Waals surface area contributed by atoms with Gasteiger partial charge in [0.25, 0.3) is 0 Å². The van der Waals surface area contributed by atoms with E-state index in [1.807, 2.05) is 53.4 Å². The fourth-order valence-corrected chi connectivity index (χ4v) is 4.55. The fourth-order valence-electron chi connectivity index (χ4n) is 4.31. The summed E-state index contributed by atoms with van der Waals surface area (Å²) in [6, 6.07) is 11.5. The molecule has 202 valence electrons. The van der Waals surface area contributed by atoms with Crippen LogP contribution in [0, 0.1) is 0 Å². The highest BCUT2D eigenvalue weighted by atomic mass is 127. The molecule has 1 atom stereocenters. The number of carbonyl (C=O) groups is 1. The Balaban J connectivity index is 0.00000648. The van der Waals surface area contributed by atoms with Crippen LogP contribution >= 0.6 is 11.6 Å². The van der Waals surface area contributed by atoms with Gasteiger partial charge in [-0.2, -0.15) is 4.57 Å². The number of benzene rings is 1. The largest absolute Gasteiger partial charge is 1.00 e. The highest BCUT2D eigenvalue weighted by molar-refractivity contribution is 6.31. The minimum Gasteiger partial charge on any atom is -1.00 e. The van der Waals surface area contributed by atoms with E-state index >= 15 is 0 Å². The van der Waals surface area contributed by atoms with Gasteiger partial charge in [-0.05, 0) is 24.1 Å². The van der Waals surface area contributed by atoms with Crippen LogP contribution in [0.25, 0.3) is 0 Å². The maximum atomic E-state index is 12.6. The van der Waals surface area contributed by atoms with E-state index in [9.17, 15) is 4.79 Å². The number of hydrogen-bond donors (Lipinski definition) is 1. The van der Waals surface area contributed by atoms with E-state index in [1.165, 1.54) is 70.6 Å². The van der Waals surface area contributed by atoms with Crippen molar-refractivity contribution >= 4 is 17.5 Å². The average molecular weight is 629 g/mol. The van der Waals surface area contributed by atoms with Crippen LogP contribution in [0.5, 0.6) is 5.75 Å². The summed E-state index contributed by atoms with van der Waals surface area (Å²) in [5.74, 6) is 0.730. The van der Waals surface area contributed by atoms with Crippen molar-refractivity contribution in [2.24, 2.45) is 0 Å². The van der Waals surface area contributed by atoms with Gasteiger partial charge in [-0.25, -0.2) is 0 Å². The smallest absolute Gasteiger partial charge is 0.233 e. The molecule has 1 unspecified atom stereocenters. The second kappa shape index (κ2) is 20.7. The average Bonchev–Trinajstić information content (AvgIpc) is 2.87. The van der Waals surface area contributed by atoms with Gasteiger partial charge < -0.3 is 28.7 Å². The summed E-state index contributed by atoms with van der Waals surface area (Å²) in [5, 5.41) is 3.66. The van der Waals surface area contributed by atoms with Crippen LogP contribution in [0.3, 0.4) is 0 Å². The number of nitrogens with one attached hydrogen (secondary N) is 1. The number of pyridine rings is 1. The van der Waals surface area contributed by atoms with E-state index in [4.69, 9.17) is 16.3 Å². The Morgan fingerprint density at radius 1 is 0.889 bits per heavy atom. The summed E-state index contributed by atoms with van der Waals surface area (Å²) in [6.45, 7) is 5.04. The Hall–Kier alpha value is -1.34. The topological polar surface area (TPSA) is 42.2 Å². The van der Waals surface area contributed by atoms with Crippen LogP contribution in [-0.4, -0.2) is 12.5 Å². The van der Waals surface area contributed by atoms with E-state index in [-0.39, 0.29) is 42.5 Å². The lowest BCUT2D eigenvalue weighted by molar-refractivity contribution is -0.727. The molecule has 0 aliphatic carbocycles. The van der Waals surface area contributed by atoms with Crippen molar-refractivity contribution in [1.29, 1.82) is 0 Å². The van der Waals surface area contributed by atoms with E-state index < -0.39 is 0 Å². The molecule has 1 aromatic heterocycles. The molecule has 1 heterocycles. The molecule has 6 heteroatoms. The summed E-state index contributed by atoms with van der Waals surface area (Å²) in [7, 11) is 0. The third kappa shape index (κ3) is 13.8. The molecule has 0 aliphatic heterocycles. The first-order chi connectivity index (χ1) is 17.1. The van der Waals surface area contributed by atoms with Gasteiger partial charge in [0.15, 0.2) is 12.4 Å². The van der Waals surface area contributed by atoms with Crippen molar-refractivity contribution < 1.29 is 38.1 Å². The van der Waals surface area contributed by atoms with Crippen LogP contribution in [0.4, 0.5) is 0 Å². The van der Waals surface area contributed by atoms with E-state index in [1.54, 1.807) is 0 Å². The number of aromatic nitrogens is 1. The number of nitrogens with zero attached hydrogens (tertiary/aromatic N) is 1. The predicted octanol–water partition coefficient (Wildman–Crippen LogP) is 4.98. The molecule has 1 aromatic carbocycles. The molecular weight excluding hydrogens is 583 g/mol. The Kier molecular flexibility index (Phi) is 18.8. The zero-order valence-electron chi connectivity index (χ0n) is 22.3. The number of rotatable bonds is 19. The minimum atomic E-state index is -0.0689. The van der Waals surface area contributed by atoms with Crippen molar-refractivity contribution in [3.05, 3.63) is 59.4 Å². The van der Waals surface area contributed by atoms with Crippen molar-refractivity contribution in [3.63, 3.8) is 0 Å². The third-order valence-corrected chi connectivity index (χ3v) is 6.81. The van der Waals surface area contributed by atoms with Gasteiger partial charge in [-0.1, -0.05) is 108 Å². The standard InChI is InChI=1S/C30H45ClN2O2.HI/c1-3-5-6-7-8-9-10-11-12-13-14-18-23-35-27-20-19-26(28(31)25-27)24-30(34)32-29(4-2)33-21-16-15-17-22-33;/h15-17,19-22,25,29H,3-14,18,23-24H2,1-2H3;1H. The van der Waals surface area contributed by atoms with Crippen molar-refractivity contribution in [1.82, 2.24) is 5.32 Å². The monoisotopic (exact) mass is 628 g/mol. The molecule has 0 bridgehead atoms. The molecular formula is C30H46ClIN2O2. The van der Waals surface area contributed by atoms with Gasteiger partial charge in [0.2, 0.25) is 12.1 Å². The molecule has 4 nitrogen and oxygen atoms in total. The summed E-state index contributed by atoms with van der Waals surface area (Å²) in [5.41, 5.74) is 0.815. The van der Waals surface area contributed by atoms with E-state index in [0.717, 1.165) is 24.2 Å². The summed E-state index contributed by atoms with van der Waals surface area (Å²) < 4.78 is 7.90. The van der Waals surface area contributed by atoms with Gasteiger partial charge >= 0.3 is 0 Å². The van der Waals surface area contributed by atoms with Crippen molar-refractivity contribution in [3.8, 4) is 5.75 Å². The normalized spacial score (nSPS) is 11.5. The lowest BCUT2D eigenvalue weighted by Gasteiger charge is -2.13. The lowest BCUT2D eigenvalue weighted by Crippen LogP contribution is -3.00. The first-order valence-corrected chi connectivity index (χ1v) is 14.2. The van der Waals surface area contributed by atoms with Crippen LogP contribution in [-0.2, 0) is 11.2 Å². The number of amides is 1. The van der Waals surface area contributed by atoms with Crippen LogP contribution < -0.4 is 38.6 Å². The second-order valence-corrected chi connectivity index (χ2v) is 9.89. The maximum absolute atomic E-state index is 12.6. The molecule has 0 fully saturated rings. The SMILES string of the molecule is CCCCCCCCCCCCCCOc1ccc(CC(=O)NC(CC)[n+]2ccccc2)c(Cl)c1.[I-]. The zero-order valence-corrected chi connectivity index (χ0v) is 25.2. The first kappa shape index (κ1) is 32.7. The highest BCUT2D eigenvalue weighted by Gasteiger charge is 2.19. The van der Waals surface area contributed by atoms with Crippen molar-refractivity contribution in [2.45, 2.75) is 110 Å². The molecule has 0 saturated carbocycles. The minimum absolute atomic E-state index is 0.